The molecule has 1 saturated heterocycles. The molecule has 126 valence electrons. The SMILES string of the molecule is CC(C)(C)CNC(=O)N1CCC(NC(=O)c2cnccn2)CC1. The summed E-state index contributed by atoms with van der Waals surface area (Å²) in [6.45, 7) is 8.18. The Bertz CT molecular complexity index is 533. The Morgan fingerprint density at radius 1 is 1.26 bits per heavy atom. The minimum atomic E-state index is -0.214. The number of urea groups is 1. The molecular formula is C16H25N5O2. The summed E-state index contributed by atoms with van der Waals surface area (Å²) < 4.78 is 0. The molecule has 0 bridgehead atoms. The molecule has 0 unspecified atom stereocenters. The predicted octanol–water partition coefficient (Wildman–Crippen LogP) is 1.43. The van der Waals surface area contributed by atoms with Crippen LogP contribution in [-0.4, -0.2) is 52.5 Å². The summed E-state index contributed by atoms with van der Waals surface area (Å²) in [7, 11) is 0. The van der Waals surface area contributed by atoms with Crippen LogP contribution in [0.5, 0.6) is 0 Å². The highest BCUT2D eigenvalue weighted by Gasteiger charge is 2.25. The zero-order chi connectivity index (χ0) is 16.9. The topological polar surface area (TPSA) is 87.2 Å². The first-order valence-electron chi connectivity index (χ1n) is 7.95. The van der Waals surface area contributed by atoms with Gasteiger partial charge in [0.15, 0.2) is 0 Å². The van der Waals surface area contributed by atoms with Gasteiger partial charge in [-0.1, -0.05) is 20.8 Å². The third-order valence-corrected chi connectivity index (χ3v) is 3.68. The molecule has 1 aliphatic heterocycles. The zero-order valence-electron chi connectivity index (χ0n) is 14.0. The van der Waals surface area contributed by atoms with E-state index in [0.717, 1.165) is 12.8 Å². The van der Waals surface area contributed by atoms with Gasteiger partial charge < -0.3 is 15.5 Å². The average Bonchev–Trinajstić information content (AvgIpc) is 2.53. The molecule has 3 amide bonds. The van der Waals surface area contributed by atoms with Crippen LogP contribution in [0.25, 0.3) is 0 Å². The molecule has 2 heterocycles. The quantitative estimate of drug-likeness (QED) is 0.882. The van der Waals surface area contributed by atoms with Gasteiger partial charge in [0, 0.05) is 38.1 Å². The highest BCUT2D eigenvalue weighted by Crippen LogP contribution is 2.13. The van der Waals surface area contributed by atoms with Crippen LogP contribution in [0.15, 0.2) is 18.6 Å². The van der Waals surface area contributed by atoms with E-state index < -0.39 is 0 Å². The molecule has 23 heavy (non-hydrogen) atoms. The summed E-state index contributed by atoms with van der Waals surface area (Å²) in [5.41, 5.74) is 0.386. The van der Waals surface area contributed by atoms with Gasteiger partial charge in [0.1, 0.15) is 5.69 Å². The highest BCUT2D eigenvalue weighted by atomic mass is 16.2. The number of likely N-dealkylation sites (tertiary alicyclic amines) is 1. The molecular weight excluding hydrogens is 294 g/mol. The van der Waals surface area contributed by atoms with E-state index in [0.29, 0.717) is 25.3 Å². The van der Waals surface area contributed by atoms with Crippen molar-refractivity contribution in [3.63, 3.8) is 0 Å². The summed E-state index contributed by atoms with van der Waals surface area (Å²) >= 11 is 0. The lowest BCUT2D eigenvalue weighted by atomic mass is 9.97. The number of nitrogens with one attached hydrogen (secondary N) is 2. The lowest BCUT2D eigenvalue weighted by Crippen LogP contribution is -2.50. The minimum absolute atomic E-state index is 0.0290. The van der Waals surface area contributed by atoms with Gasteiger partial charge in [-0.3, -0.25) is 9.78 Å². The summed E-state index contributed by atoms with van der Waals surface area (Å²) in [4.78, 5) is 33.8. The van der Waals surface area contributed by atoms with Crippen molar-refractivity contribution < 1.29 is 9.59 Å². The van der Waals surface area contributed by atoms with Crippen LogP contribution in [0.1, 0.15) is 44.1 Å². The molecule has 7 nitrogen and oxygen atoms in total. The van der Waals surface area contributed by atoms with Crippen LogP contribution in [-0.2, 0) is 0 Å². The molecule has 0 saturated carbocycles. The number of hydrogen-bond acceptors (Lipinski definition) is 4. The van der Waals surface area contributed by atoms with Crippen molar-refractivity contribution in [2.75, 3.05) is 19.6 Å². The van der Waals surface area contributed by atoms with Gasteiger partial charge in [-0.2, -0.15) is 0 Å². The van der Waals surface area contributed by atoms with Gasteiger partial charge in [0.2, 0.25) is 0 Å². The van der Waals surface area contributed by atoms with Crippen LogP contribution in [0.2, 0.25) is 0 Å². The summed E-state index contributed by atoms with van der Waals surface area (Å²) in [6.07, 6.45) is 5.97. The van der Waals surface area contributed by atoms with Crippen LogP contribution in [0, 0.1) is 5.41 Å². The minimum Gasteiger partial charge on any atom is -0.348 e. The van der Waals surface area contributed by atoms with E-state index >= 15 is 0 Å². The molecule has 1 aliphatic rings. The highest BCUT2D eigenvalue weighted by molar-refractivity contribution is 5.92. The second-order valence-electron chi connectivity index (χ2n) is 7.04. The van der Waals surface area contributed by atoms with E-state index in [2.05, 4.69) is 41.4 Å². The maximum Gasteiger partial charge on any atom is 0.317 e. The van der Waals surface area contributed by atoms with Crippen molar-refractivity contribution in [2.45, 2.75) is 39.7 Å². The van der Waals surface area contributed by atoms with Gasteiger partial charge >= 0.3 is 6.03 Å². The molecule has 0 atom stereocenters. The first-order chi connectivity index (χ1) is 10.8. The second-order valence-corrected chi connectivity index (χ2v) is 7.04. The Morgan fingerprint density at radius 2 is 1.96 bits per heavy atom. The Morgan fingerprint density at radius 3 is 2.52 bits per heavy atom. The standard InChI is InChI=1S/C16H25N5O2/c1-16(2,3)11-19-15(23)21-8-4-12(5-9-21)20-14(22)13-10-17-6-7-18-13/h6-7,10,12H,4-5,8-9,11H2,1-3H3,(H,19,23)(H,20,22). The largest absolute Gasteiger partial charge is 0.348 e. The van der Waals surface area contributed by atoms with Gasteiger partial charge in [0.05, 0.1) is 6.20 Å². The van der Waals surface area contributed by atoms with Crippen molar-refractivity contribution >= 4 is 11.9 Å². The van der Waals surface area contributed by atoms with Crippen molar-refractivity contribution in [1.29, 1.82) is 0 Å². The Kier molecular flexibility index (Phi) is 5.52. The van der Waals surface area contributed by atoms with Crippen LogP contribution < -0.4 is 10.6 Å². The first-order valence-corrected chi connectivity index (χ1v) is 7.95. The van der Waals surface area contributed by atoms with E-state index in [9.17, 15) is 9.59 Å². The van der Waals surface area contributed by atoms with Crippen molar-refractivity contribution in [3.05, 3.63) is 24.3 Å². The first kappa shape index (κ1) is 17.2. The molecule has 1 aromatic rings. The monoisotopic (exact) mass is 319 g/mol. The van der Waals surface area contributed by atoms with Crippen molar-refractivity contribution in [3.8, 4) is 0 Å². The summed E-state index contributed by atoms with van der Waals surface area (Å²) in [5.74, 6) is -0.214. The van der Waals surface area contributed by atoms with E-state index in [1.807, 2.05) is 0 Å². The van der Waals surface area contributed by atoms with E-state index in [-0.39, 0.29) is 23.4 Å². The van der Waals surface area contributed by atoms with Crippen molar-refractivity contribution in [1.82, 2.24) is 25.5 Å². The number of carbonyl (C=O) groups is 2. The molecule has 2 rings (SSSR count). The zero-order valence-corrected chi connectivity index (χ0v) is 14.0. The normalized spacial score (nSPS) is 16.0. The molecule has 0 aromatic carbocycles. The number of aromatic nitrogens is 2. The Labute approximate surface area is 136 Å². The molecule has 0 spiro atoms. The molecule has 1 fully saturated rings. The van der Waals surface area contributed by atoms with Crippen molar-refractivity contribution in [2.24, 2.45) is 5.41 Å². The molecule has 1 aromatic heterocycles. The molecule has 0 aliphatic carbocycles. The van der Waals surface area contributed by atoms with Gasteiger partial charge in [-0.05, 0) is 18.3 Å². The average molecular weight is 319 g/mol. The second kappa shape index (κ2) is 7.39. The number of rotatable bonds is 3. The van der Waals surface area contributed by atoms with Gasteiger partial charge in [-0.15, -0.1) is 0 Å². The van der Waals surface area contributed by atoms with Gasteiger partial charge in [0.25, 0.3) is 5.91 Å². The molecule has 0 radical (unpaired) electrons. The summed E-state index contributed by atoms with van der Waals surface area (Å²) in [6, 6.07) is 0.0369. The van der Waals surface area contributed by atoms with Crippen LogP contribution in [0.3, 0.4) is 0 Å². The third kappa shape index (κ3) is 5.50. The molecule has 2 N–H and O–H groups in total. The van der Waals surface area contributed by atoms with E-state index in [1.165, 1.54) is 18.6 Å². The maximum absolute atomic E-state index is 12.1. The number of piperidine rings is 1. The fraction of sp³-hybridized carbons (Fsp3) is 0.625. The molecule has 7 heteroatoms. The Hall–Kier alpha value is -2.18. The predicted molar refractivity (Wildman–Crippen MR) is 86.9 cm³/mol. The van der Waals surface area contributed by atoms with Crippen LogP contribution in [0.4, 0.5) is 4.79 Å². The van der Waals surface area contributed by atoms with E-state index in [4.69, 9.17) is 0 Å². The number of nitrogens with zero attached hydrogens (tertiary/aromatic N) is 3. The maximum atomic E-state index is 12.1. The Balaban J connectivity index is 1.75. The number of hydrogen-bond donors (Lipinski definition) is 2. The third-order valence-electron chi connectivity index (χ3n) is 3.68. The lowest BCUT2D eigenvalue weighted by molar-refractivity contribution is 0.0912. The fourth-order valence-corrected chi connectivity index (χ4v) is 2.36. The smallest absolute Gasteiger partial charge is 0.317 e. The number of amides is 3. The lowest BCUT2D eigenvalue weighted by Gasteiger charge is -2.33. The fourth-order valence-electron chi connectivity index (χ4n) is 2.36. The van der Waals surface area contributed by atoms with Crippen LogP contribution >= 0.6 is 0 Å². The van der Waals surface area contributed by atoms with Gasteiger partial charge in [-0.25, -0.2) is 9.78 Å². The summed E-state index contributed by atoms with van der Waals surface area (Å²) in [5, 5.41) is 5.91. The van der Waals surface area contributed by atoms with E-state index in [1.54, 1.807) is 4.90 Å². The number of carbonyl (C=O) groups excluding carboxylic acids is 2.